The number of hydrogen-bond donors (Lipinski definition) is 4. The molecule has 0 aromatic heterocycles. The van der Waals surface area contributed by atoms with Crippen molar-refractivity contribution >= 4 is 37.2 Å². The molecule has 0 aliphatic carbocycles. The molecule has 0 fully saturated rings. The average molecular weight is 299 g/mol. The van der Waals surface area contributed by atoms with E-state index in [-0.39, 0.29) is 28.3 Å². The summed E-state index contributed by atoms with van der Waals surface area (Å²) < 4.78 is 0. The van der Waals surface area contributed by atoms with Crippen molar-refractivity contribution in [2.45, 2.75) is 12.1 Å². The molecule has 0 saturated carbocycles. The maximum absolute atomic E-state index is 9.65. The molecule has 0 aliphatic rings. The Labute approximate surface area is 109 Å². The summed E-state index contributed by atoms with van der Waals surface area (Å²) in [5.41, 5.74) is 9.75. The van der Waals surface area contributed by atoms with Crippen LogP contribution < -0.4 is 21.7 Å². The van der Waals surface area contributed by atoms with Crippen LogP contribution in [0.25, 0.3) is 0 Å². The topological polar surface area (TPSA) is 132 Å². The van der Waals surface area contributed by atoms with Gasteiger partial charge in [0.15, 0.2) is 0 Å². The minimum absolute atomic E-state index is 0. The Balaban J connectivity index is -0.000000180. The second-order valence-electron chi connectivity index (χ2n) is 2.22. The molecule has 2 unspecified atom stereocenters. The van der Waals surface area contributed by atoms with Gasteiger partial charge in [0.05, 0.1) is 24.0 Å². The predicted molar refractivity (Wildman–Crippen MR) is 53.7 cm³/mol. The molecular weight excluding hydrogens is 287 g/mol. The Morgan fingerprint density at radius 1 is 1.00 bits per heavy atom. The van der Waals surface area contributed by atoms with Crippen LogP contribution in [0.5, 0.6) is 0 Å². The molecular formula is C6H12CoN2O4S2. The van der Waals surface area contributed by atoms with E-state index in [1.54, 1.807) is 0 Å². The molecule has 0 amide bonds. The molecule has 0 aliphatic heterocycles. The van der Waals surface area contributed by atoms with Crippen LogP contribution in [0.1, 0.15) is 0 Å². The van der Waals surface area contributed by atoms with Crippen molar-refractivity contribution in [2.24, 2.45) is 11.5 Å². The summed E-state index contributed by atoms with van der Waals surface area (Å²) in [7, 11) is 0. The summed E-state index contributed by atoms with van der Waals surface area (Å²) in [4.78, 5) is 19.3. The largest absolute Gasteiger partial charge is 2.00 e. The van der Waals surface area contributed by atoms with Gasteiger partial charge in [-0.05, 0) is 0 Å². The first-order chi connectivity index (χ1) is 6.36. The second kappa shape index (κ2) is 12.1. The Morgan fingerprint density at radius 3 is 1.20 bits per heavy atom. The molecule has 15 heavy (non-hydrogen) atoms. The fraction of sp³-hybridized carbons (Fsp3) is 0.667. The number of carbonyl (C=O) groups is 2. The normalized spacial score (nSPS) is 12.5. The summed E-state index contributed by atoms with van der Waals surface area (Å²) >= 11 is 7.22. The minimum atomic E-state index is -1.25. The Hall–Kier alpha value is 0.0665. The molecule has 1 radical (unpaired) electrons. The first-order valence-corrected chi connectivity index (χ1v) is 4.77. The smallest absolute Gasteiger partial charge is 0.548 e. The van der Waals surface area contributed by atoms with Crippen LogP contribution in [0.4, 0.5) is 0 Å². The molecule has 0 aromatic rings. The van der Waals surface area contributed by atoms with Crippen molar-refractivity contribution in [3.8, 4) is 0 Å². The summed E-state index contributed by atoms with van der Waals surface area (Å²) in [6.45, 7) is 0. The van der Waals surface area contributed by atoms with Crippen molar-refractivity contribution in [1.82, 2.24) is 0 Å². The Bertz CT molecular complexity index is 176. The SMILES string of the molecule is NC(CS)C(=O)[O-].NC(CS)C(=O)[O-].[Co+2]. The third-order valence-corrected chi connectivity index (χ3v) is 1.79. The third kappa shape index (κ3) is 14.1. The van der Waals surface area contributed by atoms with Gasteiger partial charge in [-0.15, -0.1) is 0 Å². The van der Waals surface area contributed by atoms with Crippen molar-refractivity contribution in [1.29, 1.82) is 0 Å². The zero-order chi connectivity index (χ0) is 11.7. The molecule has 0 aromatic carbocycles. The van der Waals surface area contributed by atoms with E-state index in [2.05, 4.69) is 25.3 Å². The van der Waals surface area contributed by atoms with Crippen LogP contribution in [0.15, 0.2) is 0 Å². The van der Waals surface area contributed by atoms with Gasteiger partial charge in [0, 0.05) is 11.5 Å². The molecule has 2 atom stereocenters. The number of carboxylic acids is 2. The van der Waals surface area contributed by atoms with Crippen LogP contribution >= 0.6 is 25.3 Å². The van der Waals surface area contributed by atoms with Crippen LogP contribution in [0, 0.1) is 0 Å². The monoisotopic (exact) mass is 299 g/mol. The molecule has 4 N–H and O–H groups in total. The van der Waals surface area contributed by atoms with E-state index in [9.17, 15) is 19.8 Å². The van der Waals surface area contributed by atoms with Gasteiger partial charge >= 0.3 is 16.8 Å². The molecule has 91 valence electrons. The number of carboxylic acid groups (broad SMARTS) is 2. The van der Waals surface area contributed by atoms with E-state index in [0.717, 1.165) is 0 Å². The van der Waals surface area contributed by atoms with E-state index in [1.165, 1.54) is 0 Å². The van der Waals surface area contributed by atoms with Crippen LogP contribution in [-0.4, -0.2) is 35.5 Å². The van der Waals surface area contributed by atoms with Gasteiger partial charge in [0.2, 0.25) is 0 Å². The fourth-order valence-corrected chi connectivity index (χ4v) is 0.447. The number of carbonyl (C=O) groups excluding carboxylic acids is 2. The summed E-state index contributed by atoms with van der Waals surface area (Å²) in [5.74, 6) is -2.25. The molecule has 0 saturated heterocycles. The zero-order valence-electron chi connectivity index (χ0n) is 7.58. The predicted octanol–water partition coefficient (Wildman–Crippen LogP) is -4.02. The Kier molecular flexibility index (Phi) is 16.6. The van der Waals surface area contributed by atoms with E-state index in [4.69, 9.17) is 11.5 Å². The summed E-state index contributed by atoms with van der Waals surface area (Å²) in [6, 6.07) is -1.85. The number of nitrogens with two attached hydrogens (primary N) is 2. The van der Waals surface area contributed by atoms with Crippen molar-refractivity contribution in [2.75, 3.05) is 11.5 Å². The summed E-state index contributed by atoms with van der Waals surface area (Å²) in [5, 5.41) is 19.3. The molecule has 0 rings (SSSR count). The van der Waals surface area contributed by atoms with E-state index < -0.39 is 24.0 Å². The van der Waals surface area contributed by atoms with Crippen molar-refractivity contribution < 1.29 is 36.6 Å². The first-order valence-electron chi connectivity index (χ1n) is 3.51. The van der Waals surface area contributed by atoms with Gasteiger partial charge in [-0.25, -0.2) is 0 Å². The molecule has 0 bridgehead atoms. The molecule has 9 heteroatoms. The maximum Gasteiger partial charge on any atom is 2.00 e. The van der Waals surface area contributed by atoms with Gasteiger partial charge in [-0.3, -0.25) is 0 Å². The van der Waals surface area contributed by atoms with Gasteiger partial charge in [-0.2, -0.15) is 25.3 Å². The van der Waals surface area contributed by atoms with Gasteiger partial charge < -0.3 is 31.3 Å². The van der Waals surface area contributed by atoms with Gasteiger partial charge in [0.25, 0.3) is 0 Å². The van der Waals surface area contributed by atoms with Crippen LogP contribution in [0.3, 0.4) is 0 Å². The fourth-order valence-electron chi connectivity index (χ4n) is 0.149. The zero-order valence-corrected chi connectivity index (χ0v) is 10.4. The van der Waals surface area contributed by atoms with Gasteiger partial charge in [0.1, 0.15) is 0 Å². The number of aliphatic carboxylic acids is 2. The quantitative estimate of drug-likeness (QED) is 0.391. The average Bonchev–Trinajstić information content (AvgIpc) is 2.15. The molecule has 6 nitrogen and oxygen atoms in total. The Morgan fingerprint density at radius 2 is 1.20 bits per heavy atom. The van der Waals surface area contributed by atoms with Crippen LogP contribution in [0.2, 0.25) is 0 Å². The van der Waals surface area contributed by atoms with E-state index >= 15 is 0 Å². The first kappa shape index (κ1) is 20.5. The third-order valence-electron chi connectivity index (χ3n) is 0.999. The standard InChI is InChI=1S/2C3H7NO2S.Co/c2*4-2(1-7)3(5)6;/h2*2,7H,1,4H2,(H,5,6);/q;;+2/p-2. The van der Waals surface area contributed by atoms with Crippen molar-refractivity contribution in [3.63, 3.8) is 0 Å². The van der Waals surface area contributed by atoms with E-state index in [1.807, 2.05) is 0 Å². The van der Waals surface area contributed by atoms with Crippen LogP contribution in [-0.2, 0) is 26.4 Å². The maximum atomic E-state index is 9.65. The number of rotatable bonds is 4. The molecule has 0 heterocycles. The number of thiol groups is 2. The van der Waals surface area contributed by atoms with Crippen molar-refractivity contribution in [3.05, 3.63) is 0 Å². The van der Waals surface area contributed by atoms with E-state index in [0.29, 0.717) is 0 Å². The summed E-state index contributed by atoms with van der Waals surface area (Å²) in [6.07, 6.45) is 0. The molecule has 0 spiro atoms. The second-order valence-corrected chi connectivity index (χ2v) is 2.95. The van der Waals surface area contributed by atoms with Gasteiger partial charge in [-0.1, -0.05) is 0 Å². The minimum Gasteiger partial charge on any atom is -0.548 e. The number of hydrogen-bond acceptors (Lipinski definition) is 8.